The highest BCUT2D eigenvalue weighted by Gasteiger charge is 2.23. The van der Waals surface area contributed by atoms with E-state index in [4.69, 9.17) is 9.47 Å². The van der Waals surface area contributed by atoms with Crippen LogP contribution < -0.4 is 9.47 Å². The number of esters is 2. The zero-order valence-corrected chi connectivity index (χ0v) is 21.1. The SMILES string of the molecule is O=C(Oc1ccc2ccccc2c1-c1c(OC(=O)c2ccc(O)cc2)ccc2ccccc12)c1ccc(O)cc1. The molecule has 6 heteroatoms. The van der Waals surface area contributed by atoms with Crippen molar-refractivity contribution in [2.75, 3.05) is 0 Å². The van der Waals surface area contributed by atoms with Gasteiger partial charge in [0.2, 0.25) is 0 Å². The molecule has 0 saturated carbocycles. The zero-order valence-electron chi connectivity index (χ0n) is 21.1. The van der Waals surface area contributed by atoms with E-state index in [0.717, 1.165) is 21.5 Å². The van der Waals surface area contributed by atoms with Gasteiger partial charge in [0.25, 0.3) is 0 Å². The third-order valence-corrected chi connectivity index (χ3v) is 6.64. The number of aromatic hydroxyl groups is 2. The van der Waals surface area contributed by atoms with Crippen molar-refractivity contribution in [3.8, 4) is 34.1 Å². The van der Waals surface area contributed by atoms with E-state index in [9.17, 15) is 19.8 Å². The van der Waals surface area contributed by atoms with E-state index in [2.05, 4.69) is 0 Å². The van der Waals surface area contributed by atoms with Crippen LogP contribution in [0.5, 0.6) is 23.0 Å². The molecule has 0 unspecified atom stereocenters. The lowest BCUT2D eigenvalue weighted by Crippen LogP contribution is -2.11. The summed E-state index contributed by atoms with van der Waals surface area (Å²) in [7, 11) is 0. The Kier molecular flexibility index (Phi) is 6.34. The van der Waals surface area contributed by atoms with Crippen molar-refractivity contribution >= 4 is 33.5 Å². The summed E-state index contributed by atoms with van der Waals surface area (Å²) >= 11 is 0. The van der Waals surface area contributed by atoms with Gasteiger partial charge in [-0.05, 0) is 82.2 Å². The highest BCUT2D eigenvalue weighted by Crippen LogP contribution is 2.46. The first-order valence-electron chi connectivity index (χ1n) is 12.5. The first kappa shape index (κ1) is 24.7. The number of fused-ring (bicyclic) bond motifs is 2. The first-order chi connectivity index (χ1) is 19.5. The maximum absolute atomic E-state index is 13.2. The molecule has 2 N–H and O–H groups in total. The number of hydrogen-bond acceptors (Lipinski definition) is 6. The van der Waals surface area contributed by atoms with Gasteiger partial charge in [0.15, 0.2) is 0 Å². The molecule has 0 aliphatic rings. The van der Waals surface area contributed by atoms with Crippen LogP contribution in [-0.4, -0.2) is 22.2 Å². The summed E-state index contributed by atoms with van der Waals surface area (Å²) < 4.78 is 11.9. The largest absolute Gasteiger partial charge is 0.508 e. The highest BCUT2D eigenvalue weighted by atomic mass is 16.5. The molecule has 40 heavy (non-hydrogen) atoms. The minimum absolute atomic E-state index is 0.0405. The topological polar surface area (TPSA) is 93.1 Å². The van der Waals surface area contributed by atoms with E-state index in [1.807, 2.05) is 60.7 Å². The molecular weight excluding hydrogens is 504 g/mol. The number of hydrogen-bond donors (Lipinski definition) is 2. The molecule has 6 aromatic rings. The molecule has 0 fully saturated rings. The summed E-state index contributed by atoms with van der Waals surface area (Å²) in [5.74, 6) is -0.540. The summed E-state index contributed by atoms with van der Waals surface area (Å²) in [5, 5.41) is 22.7. The summed E-state index contributed by atoms with van der Waals surface area (Å²) in [6, 6.07) is 34.2. The molecule has 0 bridgehead atoms. The Morgan fingerprint density at radius 3 is 1.23 bits per heavy atom. The summed E-state index contributed by atoms with van der Waals surface area (Å²) in [6.07, 6.45) is 0. The van der Waals surface area contributed by atoms with Gasteiger partial charge in [0, 0.05) is 11.1 Å². The first-order valence-corrected chi connectivity index (χ1v) is 12.5. The van der Waals surface area contributed by atoms with Gasteiger partial charge >= 0.3 is 11.9 Å². The monoisotopic (exact) mass is 526 g/mol. The second-order valence-electron chi connectivity index (χ2n) is 9.19. The van der Waals surface area contributed by atoms with Crippen LogP contribution >= 0.6 is 0 Å². The standard InChI is InChI=1S/C34H22O6/c35-25-15-9-23(10-16-25)33(37)39-29-19-13-21-5-1-3-7-27(21)31(29)32-28-8-4-2-6-22(28)14-20-30(32)40-34(38)24-11-17-26(36)18-12-24/h1-20,35-36H. The number of benzene rings is 6. The number of rotatable bonds is 5. The summed E-state index contributed by atoms with van der Waals surface area (Å²) in [5.41, 5.74) is 1.73. The van der Waals surface area contributed by atoms with Gasteiger partial charge < -0.3 is 19.7 Å². The Hall–Kier alpha value is -5.62. The van der Waals surface area contributed by atoms with E-state index in [0.29, 0.717) is 11.1 Å². The van der Waals surface area contributed by atoms with E-state index in [-0.39, 0.29) is 34.1 Å². The molecule has 0 spiro atoms. The molecule has 0 saturated heterocycles. The Balaban J connectivity index is 1.55. The maximum Gasteiger partial charge on any atom is 0.343 e. The fourth-order valence-corrected chi connectivity index (χ4v) is 4.70. The van der Waals surface area contributed by atoms with E-state index in [1.165, 1.54) is 48.5 Å². The van der Waals surface area contributed by atoms with Crippen molar-refractivity contribution in [3.63, 3.8) is 0 Å². The van der Waals surface area contributed by atoms with Crippen molar-refractivity contribution in [2.45, 2.75) is 0 Å². The third-order valence-electron chi connectivity index (χ3n) is 6.64. The van der Waals surface area contributed by atoms with Crippen molar-refractivity contribution in [1.82, 2.24) is 0 Å². The quantitative estimate of drug-likeness (QED) is 0.178. The Labute approximate surface area is 229 Å². The second kappa shape index (κ2) is 10.3. The molecule has 0 amide bonds. The van der Waals surface area contributed by atoms with Gasteiger partial charge in [0.05, 0.1) is 11.1 Å². The number of phenolic OH excluding ortho intramolecular Hbond substituents is 2. The highest BCUT2D eigenvalue weighted by molar-refractivity contribution is 6.11. The normalized spacial score (nSPS) is 10.9. The predicted molar refractivity (Wildman–Crippen MR) is 153 cm³/mol. The summed E-state index contributed by atoms with van der Waals surface area (Å²) in [4.78, 5) is 26.3. The Morgan fingerprint density at radius 1 is 0.450 bits per heavy atom. The molecule has 0 aliphatic heterocycles. The van der Waals surface area contributed by atoms with Crippen LogP contribution in [0.25, 0.3) is 32.7 Å². The van der Waals surface area contributed by atoms with E-state index in [1.54, 1.807) is 12.1 Å². The van der Waals surface area contributed by atoms with E-state index < -0.39 is 11.9 Å². The van der Waals surface area contributed by atoms with Crippen molar-refractivity contribution in [3.05, 3.63) is 132 Å². The third kappa shape index (κ3) is 4.70. The lowest BCUT2D eigenvalue weighted by Gasteiger charge is -2.18. The maximum atomic E-state index is 13.2. The molecule has 6 rings (SSSR count). The van der Waals surface area contributed by atoms with Gasteiger partial charge in [-0.1, -0.05) is 60.7 Å². The zero-order chi connectivity index (χ0) is 27.6. The Bertz CT molecular complexity index is 1750. The van der Waals surface area contributed by atoms with Crippen LogP contribution in [-0.2, 0) is 0 Å². The van der Waals surface area contributed by atoms with Crippen molar-refractivity contribution in [2.24, 2.45) is 0 Å². The molecule has 6 aromatic carbocycles. The molecule has 194 valence electrons. The predicted octanol–water partition coefficient (Wildman–Crippen LogP) is 7.51. The van der Waals surface area contributed by atoms with Crippen LogP contribution in [0.4, 0.5) is 0 Å². The van der Waals surface area contributed by atoms with Crippen LogP contribution in [0.2, 0.25) is 0 Å². The number of carbonyl (C=O) groups excluding carboxylic acids is 2. The molecule has 0 heterocycles. The second-order valence-corrected chi connectivity index (χ2v) is 9.19. The van der Waals surface area contributed by atoms with Crippen LogP contribution in [0.15, 0.2) is 121 Å². The molecule has 0 radical (unpaired) electrons. The average Bonchev–Trinajstić information content (AvgIpc) is 2.98. The van der Waals surface area contributed by atoms with Crippen LogP contribution in [0.1, 0.15) is 20.7 Å². The van der Waals surface area contributed by atoms with Crippen molar-refractivity contribution < 1.29 is 29.3 Å². The fraction of sp³-hybridized carbons (Fsp3) is 0. The van der Waals surface area contributed by atoms with Gasteiger partial charge in [-0.15, -0.1) is 0 Å². The lowest BCUT2D eigenvalue weighted by atomic mass is 9.92. The fourth-order valence-electron chi connectivity index (χ4n) is 4.70. The number of carbonyl (C=O) groups is 2. The number of phenols is 2. The summed E-state index contributed by atoms with van der Waals surface area (Å²) in [6.45, 7) is 0. The molecule has 6 nitrogen and oxygen atoms in total. The van der Waals surface area contributed by atoms with E-state index >= 15 is 0 Å². The smallest absolute Gasteiger partial charge is 0.343 e. The molecule has 0 aliphatic carbocycles. The molecule has 0 aromatic heterocycles. The van der Waals surface area contributed by atoms with Gasteiger partial charge in [0.1, 0.15) is 23.0 Å². The minimum Gasteiger partial charge on any atom is -0.508 e. The van der Waals surface area contributed by atoms with Gasteiger partial charge in [-0.25, -0.2) is 9.59 Å². The lowest BCUT2D eigenvalue weighted by molar-refractivity contribution is 0.0723. The van der Waals surface area contributed by atoms with Crippen molar-refractivity contribution in [1.29, 1.82) is 0 Å². The average molecular weight is 527 g/mol. The van der Waals surface area contributed by atoms with Gasteiger partial charge in [-0.2, -0.15) is 0 Å². The minimum atomic E-state index is -0.598. The Morgan fingerprint density at radius 2 is 0.825 bits per heavy atom. The van der Waals surface area contributed by atoms with Crippen LogP contribution in [0, 0.1) is 0 Å². The van der Waals surface area contributed by atoms with Crippen LogP contribution in [0.3, 0.4) is 0 Å². The molecule has 0 atom stereocenters. The number of ether oxygens (including phenoxy) is 2. The van der Waals surface area contributed by atoms with Gasteiger partial charge in [-0.3, -0.25) is 0 Å². The molecular formula is C34H22O6.